The third-order valence-corrected chi connectivity index (χ3v) is 3.84. The Bertz CT molecular complexity index is 410. The van der Waals surface area contributed by atoms with Gasteiger partial charge in [0.05, 0.1) is 0 Å². The van der Waals surface area contributed by atoms with Gasteiger partial charge in [-0.2, -0.15) is 0 Å². The van der Waals surface area contributed by atoms with Crippen LogP contribution in [0.5, 0.6) is 5.75 Å². The van der Waals surface area contributed by atoms with E-state index >= 15 is 0 Å². The van der Waals surface area contributed by atoms with Crippen LogP contribution in [0.4, 0.5) is 18.9 Å². The van der Waals surface area contributed by atoms with E-state index in [1.807, 2.05) is 0 Å². The number of hydrogen-bond donors (Lipinski definition) is 1. The van der Waals surface area contributed by atoms with Crippen molar-refractivity contribution in [3.8, 4) is 5.75 Å². The SMILES string of the molecule is CC(Nc1ccc(OC(F)(F)F)cc1)C1CCCCC1. The molecular formula is C15H20F3NO. The Hall–Kier alpha value is -1.39. The van der Waals surface area contributed by atoms with E-state index in [9.17, 15) is 13.2 Å². The molecule has 20 heavy (non-hydrogen) atoms. The van der Waals surface area contributed by atoms with Gasteiger partial charge in [-0.15, -0.1) is 13.2 Å². The van der Waals surface area contributed by atoms with Crippen molar-refractivity contribution in [2.45, 2.75) is 51.4 Å². The number of halogens is 3. The van der Waals surface area contributed by atoms with E-state index in [-0.39, 0.29) is 5.75 Å². The lowest BCUT2D eigenvalue weighted by molar-refractivity contribution is -0.274. The molecule has 1 aromatic rings. The molecule has 0 heterocycles. The second kappa shape index (κ2) is 6.37. The molecule has 5 heteroatoms. The van der Waals surface area contributed by atoms with Crippen LogP contribution in [0.15, 0.2) is 24.3 Å². The van der Waals surface area contributed by atoms with Gasteiger partial charge in [0.2, 0.25) is 0 Å². The van der Waals surface area contributed by atoms with Gasteiger partial charge in [0.25, 0.3) is 0 Å². The van der Waals surface area contributed by atoms with E-state index in [4.69, 9.17) is 0 Å². The number of ether oxygens (including phenoxy) is 1. The Morgan fingerprint density at radius 1 is 1.10 bits per heavy atom. The standard InChI is InChI=1S/C15H20F3NO/c1-11(12-5-3-2-4-6-12)19-13-7-9-14(10-8-13)20-15(16,17)18/h7-12,19H,2-6H2,1H3. The number of alkyl halides is 3. The van der Waals surface area contributed by atoms with Crippen LogP contribution in [0.3, 0.4) is 0 Å². The molecule has 0 bridgehead atoms. The number of nitrogens with one attached hydrogen (secondary N) is 1. The number of benzene rings is 1. The second-order valence-corrected chi connectivity index (χ2v) is 5.40. The molecule has 112 valence electrons. The summed E-state index contributed by atoms with van der Waals surface area (Å²) in [5, 5.41) is 3.36. The smallest absolute Gasteiger partial charge is 0.406 e. The minimum atomic E-state index is -4.63. The van der Waals surface area contributed by atoms with E-state index in [0.717, 1.165) is 5.69 Å². The average Bonchev–Trinajstić information content (AvgIpc) is 2.40. The maximum Gasteiger partial charge on any atom is 0.573 e. The molecule has 1 aromatic carbocycles. The van der Waals surface area contributed by atoms with Crippen molar-refractivity contribution >= 4 is 5.69 Å². The van der Waals surface area contributed by atoms with Gasteiger partial charge in [-0.05, 0) is 49.9 Å². The van der Waals surface area contributed by atoms with Crippen molar-refractivity contribution < 1.29 is 17.9 Å². The molecule has 1 aliphatic rings. The lowest BCUT2D eigenvalue weighted by Gasteiger charge is -2.29. The molecule has 1 fully saturated rings. The average molecular weight is 287 g/mol. The van der Waals surface area contributed by atoms with Crippen LogP contribution < -0.4 is 10.1 Å². The topological polar surface area (TPSA) is 21.3 Å². The van der Waals surface area contributed by atoms with Gasteiger partial charge in [-0.1, -0.05) is 19.3 Å². The van der Waals surface area contributed by atoms with Crippen molar-refractivity contribution in [1.29, 1.82) is 0 Å². The fourth-order valence-electron chi connectivity index (χ4n) is 2.77. The number of anilines is 1. The van der Waals surface area contributed by atoms with Crippen LogP contribution >= 0.6 is 0 Å². The molecule has 1 saturated carbocycles. The van der Waals surface area contributed by atoms with E-state index in [2.05, 4.69) is 17.0 Å². The summed E-state index contributed by atoms with van der Waals surface area (Å²) in [7, 11) is 0. The monoisotopic (exact) mass is 287 g/mol. The lowest BCUT2D eigenvalue weighted by Crippen LogP contribution is -2.27. The van der Waals surface area contributed by atoms with E-state index in [1.54, 1.807) is 12.1 Å². The van der Waals surface area contributed by atoms with E-state index in [1.165, 1.54) is 44.2 Å². The number of hydrogen-bond acceptors (Lipinski definition) is 2. The highest BCUT2D eigenvalue weighted by molar-refractivity contribution is 5.47. The Morgan fingerprint density at radius 2 is 1.70 bits per heavy atom. The lowest BCUT2D eigenvalue weighted by atomic mass is 9.84. The molecule has 1 N–H and O–H groups in total. The quantitative estimate of drug-likeness (QED) is 0.844. The highest BCUT2D eigenvalue weighted by atomic mass is 19.4. The largest absolute Gasteiger partial charge is 0.573 e. The highest BCUT2D eigenvalue weighted by Crippen LogP contribution is 2.29. The summed E-state index contributed by atoms with van der Waals surface area (Å²) in [6.45, 7) is 2.14. The summed E-state index contributed by atoms with van der Waals surface area (Å²) >= 11 is 0. The molecule has 0 spiro atoms. The molecule has 1 unspecified atom stereocenters. The Balaban J connectivity index is 1.89. The molecular weight excluding hydrogens is 267 g/mol. The zero-order chi connectivity index (χ0) is 14.6. The van der Waals surface area contributed by atoms with Crippen molar-refractivity contribution in [2.24, 2.45) is 5.92 Å². The predicted molar refractivity (Wildman–Crippen MR) is 72.8 cm³/mol. The Kier molecular flexibility index (Phi) is 4.78. The van der Waals surface area contributed by atoms with Crippen molar-refractivity contribution in [2.75, 3.05) is 5.32 Å². The molecule has 0 saturated heterocycles. The molecule has 0 amide bonds. The van der Waals surface area contributed by atoms with Gasteiger partial charge >= 0.3 is 6.36 Å². The van der Waals surface area contributed by atoms with Crippen LogP contribution in [0, 0.1) is 5.92 Å². The van der Waals surface area contributed by atoms with Crippen molar-refractivity contribution in [3.05, 3.63) is 24.3 Å². The Morgan fingerprint density at radius 3 is 2.25 bits per heavy atom. The zero-order valence-electron chi connectivity index (χ0n) is 11.5. The summed E-state index contributed by atoms with van der Waals surface area (Å²) in [5.74, 6) is 0.461. The van der Waals surface area contributed by atoms with Crippen LogP contribution in [-0.4, -0.2) is 12.4 Å². The fraction of sp³-hybridized carbons (Fsp3) is 0.600. The third-order valence-electron chi connectivity index (χ3n) is 3.84. The maximum atomic E-state index is 12.1. The minimum absolute atomic E-state index is 0.187. The van der Waals surface area contributed by atoms with Crippen LogP contribution in [0.2, 0.25) is 0 Å². The molecule has 2 nitrogen and oxygen atoms in total. The summed E-state index contributed by atoms with van der Waals surface area (Å²) in [6.07, 6.45) is 1.67. The summed E-state index contributed by atoms with van der Waals surface area (Å²) < 4.78 is 40.0. The maximum absolute atomic E-state index is 12.1. The Labute approximate surface area is 117 Å². The van der Waals surface area contributed by atoms with Crippen molar-refractivity contribution in [1.82, 2.24) is 0 Å². The fourth-order valence-corrected chi connectivity index (χ4v) is 2.77. The zero-order valence-corrected chi connectivity index (χ0v) is 11.5. The van der Waals surface area contributed by atoms with Crippen LogP contribution in [0.25, 0.3) is 0 Å². The molecule has 1 aliphatic carbocycles. The first-order valence-electron chi connectivity index (χ1n) is 7.06. The van der Waals surface area contributed by atoms with Crippen LogP contribution in [-0.2, 0) is 0 Å². The van der Waals surface area contributed by atoms with Gasteiger partial charge in [-0.3, -0.25) is 0 Å². The number of rotatable bonds is 4. The van der Waals surface area contributed by atoms with Gasteiger partial charge in [0.15, 0.2) is 0 Å². The molecule has 0 radical (unpaired) electrons. The van der Waals surface area contributed by atoms with E-state index in [0.29, 0.717) is 12.0 Å². The molecule has 0 aliphatic heterocycles. The van der Waals surface area contributed by atoms with Gasteiger partial charge < -0.3 is 10.1 Å². The summed E-state index contributed by atoms with van der Waals surface area (Å²) in [6, 6.07) is 6.26. The predicted octanol–water partition coefficient (Wildman–Crippen LogP) is 4.97. The first-order chi connectivity index (χ1) is 9.44. The third kappa shape index (κ3) is 4.62. The summed E-state index contributed by atoms with van der Waals surface area (Å²) in [5.41, 5.74) is 0.831. The van der Waals surface area contributed by atoms with Crippen LogP contribution in [0.1, 0.15) is 39.0 Å². The molecule has 1 atom stereocenters. The van der Waals surface area contributed by atoms with Gasteiger partial charge in [0, 0.05) is 11.7 Å². The van der Waals surface area contributed by atoms with Gasteiger partial charge in [0.1, 0.15) is 5.75 Å². The second-order valence-electron chi connectivity index (χ2n) is 5.40. The van der Waals surface area contributed by atoms with E-state index < -0.39 is 6.36 Å². The first-order valence-corrected chi connectivity index (χ1v) is 7.06. The molecule has 2 rings (SSSR count). The first kappa shape index (κ1) is 15.0. The normalized spacial score (nSPS) is 18.6. The minimum Gasteiger partial charge on any atom is -0.406 e. The highest BCUT2D eigenvalue weighted by Gasteiger charge is 2.31. The summed E-state index contributed by atoms with van der Waals surface area (Å²) in [4.78, 5) is 0. The molecule has 0 aromatic heterocycles. The van der Waals surface area contributed by atoms with Gasteiger partial charge in [-0.25, -0.2) is 0 Å². The van der Waals surface area contributed by atoms with Crippen molar-refractivity contribution in [3.63, 3.8) is 0 Å².